The number of hydrogen-bond donors (Lipinski definition) is 4. The number of ether oxygens (including phenoxy) is 1. The Morgan fingerprint density at radius 3 is 2.56 bits per heavy atom. The van der Waals surface area contributed by atoms with Crippen LogP contribution in [0.3, 0.4) is 0 Å². The fourth-order valence-electron chi connectivity index (χ4n) is 2.72. The molecule has 4 N–H and O–H groups in total. The Kier molecular flexibility index (Phi) is 5.68. The first-order valence-corrected chi connectivity index (χ1v) is 8.42. The summed E-state index contributed by atoms with van der Waals surface area (Å²) in [6, 6.07) is 13.0. The second-order valence-corrected chi connectivity index (χ2v) is 5.98. The lowest BCUT2D eigenvalue weighted by Crippen LogP contribution is -2.57. The third kappa shape index (κ3) is 4.62. The van der Waals surface area contributed by atoms with Gasteiger partial charge in [-0.2, -0.15) is 0 Å². The maximum absolute atomic E-state index is 12.5. The number of para-hydroxylation sites is 1. The van der Waals surface area contributed by atoms with Gasteiger partial charge in [0.05, 0.1) is 19.2 Å². The molecular weight excluding hydrogens is 348 g/mol. The molecule has 27 heavy (non-hydrogen) atoms. The van der Waals surface area contributed by atoms with Crippen LogP contribution in [0, 0.1) is 0 Å². The largest absolute Gasteiger partial charge is 0.496 e. The van der Waals surface area contributed by atoms with Crippen molar-refractivity contribution in [2.24, 2.45) is 0 Å². The van der Waals surface area contributed by atoms with Crippen molar-refractivity contribution in [3.05, 3.63) is 54.1 Å². The Morgan fingerprint density at radius 2 is 1.81 bits per heavy atom. The average Bonchev–Trinajstić information content (AvgIpc) is 2.68. The lowest BCUT2D eigenvalue weighted by molar-refractivity contribution is -0.127. The number of piperazine rings is 1. The van der Waals surface area contributed by atoms with E-state index >= 15 is 0 Å². The van der Waals surface area contributed by atoms with Crippen LogP contribution in [-0.2, 0) is 9.59 Å². The molecule has 1 aliphatic rings. The molecule has 1 atom stereocenters. The number of carbonyl (C=O) groups is 3. The molecule has 1 aliphatic heterocycles. The number of methoxy groups -OCH3 is 1. The van der Waals surface area contributed by atoms with Crippen molar-refractivity contribution in [1.29, 1.82) is 0 Å². The number of nitrogens with one attached hydrogen (secondary N) is 4. The van der Waals surface area contributed by atoms with Crippen molar-refractivity contribution >= 4 is 29.1 Å². The van der Waals surface area contributed by atoms with E-state index in [0.29, 0.717) is 29.2 Å². The number of anilines is 2. The number of hydrogen-bond acceptors (Lipinski definition) is 5. The molecule has 3 amide bonds. The van der Waals surface area contributed by atoms with Gasteiger partial charge in [0.25, 0.3) is 5.91 Å². The maximum atomic E-state index is 12.5. The van der Waals surface area contributed by atoms with E-state index in [1.807, 2.05) is 0 Å². The van der Waals surface area contributed by atoms with Gasteiger partial charge in [0.1, 0.15) is 11.8 Å². The molecule has 8 heteroatoms. The first kappa shape index (κ1) is 18.4. The summed E-state index contributed by atoms with van der Waals surface area (Å²) in [6.45, 7) is 0.566. The number of amides is 3. The smallest absolute Gasteiger partial charge is 0.259 e. The van der Waals surface area contributed by atoms with Crippen LogP contribution in [0.25, 0.3) is 0 Å². The zero-order valence-corrected chi connectivity index (χ0v) is 14.7. The Hall–Kier alpha value is -3.39. The van der Waals surface area contributed by atoms with Crippen molar-refractivity contribution in [3.8, 4) is 5.75 Å². The minimum atomic E-state index is -0.641. The highest BCUT2D eigenvalue weighted by Crippen LogP contribution is 2.21. The fourth-order valence-corrected chi connectivity index (χ4v) is 2.72. The summed E-state index contributed by atoms with van der Waals surface area (Å²) >= 11 is 0. The zero-order chi connectivity index (χ0) is 19.2. The molecular formula is C19H20N4O4. The minimum absolute atomic E-state index is 0.203. The molecule has 1 saturated heterocycles. The van der Waals surface area contributed by atoms with Crippen molar-refractivity contribution in [2.75, 3.05) is 30.8 Å². The molecule has 0 radical (unpaired) electrons. The van der Waals surface area contributed by atoms with Crippen LogP contribution in [0.2, 0.25) is 0 Å². The van der Waals surface area contributed by atoms with Crippen LogP contribution >= 0.6 is 0 Å². The normalized spacial score (nSPS) is 16.2. The zero-order valence-electron chi connectivity index (χ0n) is 14.7. The lowest BCUT2D eigenvalue weighted by atomic mass is 10.1. The highest BCUT2D eigenvalue weighted by atomic mass is 16.5. The van der Waals surface area contributed by atoms with Crippen LogP contribution in [-0.4, -0.2) is 44.0 Å². The minimum Gasteiger partial charge on any atom is -0.496 e. The molecule has 0 bridgehead atoms. The van der Waals surface area contributed by atoms with E-state index in [1.54, 1.807) is 48.5 Å². The second kappa shape index (κ2) is 8.33. The van der Waals surface area contributed by atoms with E-state index < -0.39 is 6.04 Å². The maximum Gasteiger partial charge on any atom is 0.259 e. The molecule has 1 fully saturated rings. The summed E-state index contributed by atoms with van der Waals surface area (Å²) in [7, 11) is 1.50. The SMILES string of the molecule is COc1ccccc1C(=O)Nc1cccc(NC(=O)[C@@H]2CNCC(=O)N2)c1. The van der Waals surface area contributed by atoms with E-state index in [4.69, 9.17) is 4.74 Å². The van der Waals surface area contributed by atoms with Crippen LogP contribution in [0.15, 0.2) is 48.5 Å². The van der Waals surface area contributed by atoms with Gasteiger partial charge in [-0.1, -0.05) is 18.2 Å². The van der Waals surface area contributed by atoms with E-state index in [0.717, 1.165) is 0 Å². The first-order valence-electron chi connectivity index (χ1n) is 8.42. The average molecular weight is 368 g/mol. The Labute approximate surface area is 156 Å². The van der Waals surface area contributed by atoms with Crippen LogP contribution in [0.4, 0.5) is 11.4 Å². The lowest BCUT2D eigenvalue weighted by Gasteiger charge is -2.23. The molecule has 0 aromatic heterocycles. The van der Waals surface area contributed by atoms with E-state index in [2.05, 4.69) is 21.3 Å². The molecule has 0 unspecified atom stereocenters. The highest BCUT2D eigenvalue weighted by molar-refractivity contribution is 6.06. The molecule has 3 rings (SSSR count). The second-order valence-electron chi connectivity index (χ2n) is 5.98. The number of rotatable bonds is 5. The molecule has 2 aromatic rings. The van der Waals surface area contributed by atoms with Gasteiger partial charge in [0.2, 0.25) is 11.8 Å². The Bertz CT molecular complexity index is 868. The first-order chi connectivity index (χ1) is 13.1. The van der Waals surface area contributed by atoms with Crippen LogP contribution in [0.5, 0.6) is 5.75 Å². The standard InChI is InChI=1S/C19H20N4O4/c1-27-16-8-3-2-7-14(16)18(25)21-12-5-4-6-13(9-12)22-19(26)15-10-20-11-17(24)23-15/h2-9,15,20H,10-11H2,1H3,(H,21,25)(H,22,26)(H,23,24)/t15-/m0/s1. The van der Waals surface area contributed by atoms with Gasteiger partial charge in [-0.25, -0.2) is 0 Å². The van der Waals surface area contributed by atoms with Gasteiger partial charge < -0.3 is 26.0 Å². The fraction of sp³-hybridized carbons (Fsp3) is 0.211. The number of benzene rings is 2. The van der Waals surface area contributed by atoms with Gasteiger partial charge in [0, 0.05) is 17.9 Å². The molecule has 0 saturated carbocycles. The molecule has 8 nitrogen and oxygen atoms in total. The van der Waals surface area contributed by atoms with E-state index in [9.17, 15) is 14.4 Å². The molecule has 2 aromatic carbocycles. The predicted octanol–water partition coefficient (Wildman–Crippen LogP) is 0.974. The molecule has 140 valence electrons. The summed E-state index contributed by atoms with van der Waals surface area (Å²) in [6.07, 6.45) is 0. The summed E-state index contributed by atoms with van der Waals surface area (Å²) in [5.41, 5.74) is 1.44. The summed E-state index contributed by atoms with van der Waals surface area (Å²) in [5, 5.41) is 11.0. The molecule has 0 spiro atoms. The van der Waals surface area contributed by atoms with Crippen molar-refractivity contribution in [2.45, 2.75) is 6.04 Å². The van der Waals surface area contributed by atoms with Gasteiger partial charge in [-0.15, -0.1) is 0 Å². The van der Waals surface area contributed by atoms with Crippen molar-refractivity contribution < 1.29 is 19.1 Å². The summed E-state index contributed by atoms with van der Waals surface area (Å²) < 4.78 is 5.20. The van der Waals surface area contributed by atoms with E-state index in [-0.39, 0.29) is 24.3 Å². The van der Waals surface area contributed by atoms with Gasteiger partial charge in [-0.3, -0.25) is 14.4 Å². The summed E-state index contributed by atoms with van der Waals surface area (Å²) in [4.78, 5) is 36.1. The third-order valence-electron chi connectivity index (χ3n) is 4.03. The summed E-state index contributed by atoms with van der Waals surface area (Å²) in [5.74, 6) is -0.400. The topological polar surface area (TPSA) is 109 Å². The third-order valence-corrected chi connectivity index (χ3v) is 4.03. The number of carbonyl (C=O) groups excluding carboxylic acids is 3. The predicted molar refractivity (Wildman–Crippen MR) is 101 cm³/mol. The van der Waals surface area contributed by atoms with Crippen molar-refractivity contribution in [3.63, 3.8) is 0 Å². The monoisotopic (exact) mass is 368 g/mol. The molecule has 1 heterocycles. The Morgan fingerprint density at radius 1 is 1.07 bits per heavy atom. The van der Waals surface area contributed by atoms with Crippen LogP contribution in [0.1, 0.15) is 10.4 Å². The quantitative estimate of drug-likeness (QED) is 0.629. The highest BCUT2D eigenvalue weighted by Gasteiger charge is 2.24. The van der Waals surface area contributed by atoms with Gasteiger partial charge in [-0.05, 0) is 30.3 Å². The van der Waals surface area contributed by atoms with Crippen molar-refractivity contribution in [1.82, 2.24) is 10.6 Å². The van der Waals surface area contributed by atoms with E-state index in [1.165, 1.54) is 7.11 Å². The van der Waals surface area contributed by atoms with Gasteiger partial charge >= 0.3 is 0 Å². The molecule has 0 aliphatic carbocycles. The Balaban J connectivity index is 1.67. The van der Waals surface area contributed by atoms with Gasteiger partial charge in [0.15, 0.2) is 0 Å². The van der Waals surface area contributed by atoms with Crippen LogP contribution < -0.4 is 26.0 Å².